The van der Waals surface area contributed by atoms with Gasteiger partial charge in [-0.2, -0.15) is 0 Å². The lowest BCUT2D eigenvalue weighted by atomic mass is 9.97. The standard InChI is InChI=1S/C13H11N/c1-2-11-9-6-10-14-13(11)12-7-4-3-5-8-12/h3-4,6-7,9-10H,2H2,1H3. The van der Waals surface area contributed by atoms with E-state index in [2.05, 4.69) is 30.8 Å². The van der Waals surface area contributed by atoms with Gasteiger partial charge < -0.3 is 0 Å². The summed E-state index contributed by atoms with van der Waals surface area (Å²) < 4.78 is 0. The normalized spacial score (nSPS) is 15.4. The van der Waals surface area contributed by atoms with E-state index in [1.165, 1.54) is 5.56 Å². The van der Waals surface area contributed by atoms with Crippen molar-refractivity contribution in [3.05, 3.63) is 60.7 Å². The third kappa shape index (κ3) is 1.77. The third-order valence-corrected chi connectivity index (χ3v) is 2.18. The van der Waals surface area contributed by atoms with Gasteiger partial charge in [-0.15, -0.1) is 0 Å². The van der Waals surface area contributed by atoms with Gasteiger partial charge in [-0.1, -0.05) is 31.2 Å². The van der Waals surface area contributed by atoms with Crippen molar-refractivity contribution in [2.45, 2.75) is 13.3 Å². The summed E-state index contributed by atoms with van der Waals surface area (Å²) in [7, 11) is 0. The Morgan fingerprint density at radius 2 is 2.36 bits per heavy atom. The highest BCUT2D eigenvalue weighted by Crippen LogP contribution is 2.23. The molecule has 1 heterocycles. The molecule has 2 rings (SSSR count). The van der Waals surface area contributed by atoms with Gasteiger partial charge in [-0.05, 0) is 23.6 Å². The summed E-state index contributed by atoms with van der Waals surface area (Å²) in [5, 5.41) is 0. The van der Waals surface area contributed by atoms with Crippen molar-refractivity contribution in [3.8, 4) is 0 Å². The number of allylic oxidation sites excluding steroid dienone is 4. The zero-order valence-corrected chi connectivity index (χ0v) is 8.12. The van der Waals surface area contributed by atoms with Crippen molar-refractivity contribution in [2.24, 2.45) is 0 Å². The Kier molecular flexibility index (Phi) is 2.78. The minimum absolute atomic E-state index is 0.992. The minimum Gasteiger partial charge on any atom is -0.256 e. The molecule has 0 N–H and O–H groups in total. The van der Waals surface area contributed by atoms with Crippen LogP contribution in [0.15, 0.2) is 36.6 Å². The molecule has 1 aliphatic rings. The Hall–Kier alpha value is -1.37. The molecule has 0 aliphatic heterocycles. The van der Waals surface area contributed by atoms with Gasteiger partial charge in [0.05, 0.1) is 5.69 Å². The largest absolute Gasteiger partial charge is 0.256 e. The summed E-state index contributed by atoms with van der Waals surface area (Å²) >= 11 is 0. The molecule has 4 radical (unpaired) electrons. The number of rotatable bonds is 2. The molecule has 0 spiro atoms. The van der Waals surface area contributed by atoms with Crippen LogP contribution in [0.2, 0.25) is 0 Å². The Morgan fingerprint density at radius 1 is 1.43 bits per heavy atom. The topological polar surface area (TPSA) is 12.9 Å². The van der Waals surface area contributed by atoms with Gasteiger partial charge >= 0.3 is 0 Å². The average Bonchev–Trinajstić information content (AvgIpc) is 2.30. The number of pyridine rings is 1. The lowest BCUT2D eigenvalue weighted by Crippen LogP contribution is -1.97. The quantitative estimate of drug-likeness (QED) is 0.683. The molecule has 68 valence electrons. The summed E-state index contributed by atoms with van der Waals surface area (Å²) in [5.41, 5.74) is 3.29. The molecule has 1 aliphatic carbocycles. The fourth-order valence-corrected chi connectivity index (χ4v) is 1.46. The van der Waals surface area contributed by atoms with Gasteiger partial charge in [0.25, 0.3) is 0 Å². The zero-order chi connectivity index (χ0) is 9.80. The van der Waals surface area contributed by atoms with Crippen LogP contribution in [0, 0.1) is 12.8 Å². The maximum atomic E-state index is 4.37. The number of hydrogen-bond donors (Lipinski definition) is 0. The first-order chi connectivity index (χ1) is 6.92. The predicted octanol–water partition coefficient (Wildman–Crippen LogP) is 2.76. The van der Waals surface area contributed by atoms with Crippen molar-refractivity contribution in [3.63, 3.8) is 0 Å². The van der Waals surface area contributed by atoms with Crippen molar-refractivity contribution in [1.82, 2.24) is 4.98 Å². The van der Waals surface area contributed by atoms with Gasteiger partial charge in [-0.3, -0.25) is 4.98 Å². The molecule has 1 nitrogen and oxygen atoms in total. The van der Waals surface area contributed by atoms with E-state index >= 15 is 0 Å². The van der Waals surface area contributed by atoms with E-state index in [1.54, 1.807) is 0 Å². The SMILES string of the molecule is CCc1cccnc1C1=CC=C[C][C]1. The monoisotopic (exact) mass is 181 g/mol. The molecule has 0 saturated heterocycles. The van der Waals surface area contributed by atoms with Crippen LogP contribution in [0.4, 0.5) is 0 Å². The summed E-state index contributed by atoms with van der Waals surface area (Å²) in [6.45, 7) is 2.13. The van der Waals surface area contributed by atoms with E-state index < -0.39 is 0 Å². The van der Waals surface area contributed by atoms with E-state index in [1.807, 2.05) is 30.5 Å². The number of nitrogens with zero attached hydrogens (tertiary/aromatic N) is 1. The van der Waals surface area contributed by atoms with Gasteiger partial charge in [0.2, 0.25) is 0 Å². The second-order valence-electron chi connectivity index (χ2n) is 3.07. The van der Waals surface area contributed by atoms with Gasteiger partial charge in [0, 0.05) is 19.0 Å². The van der Waals surface area contributed by atoms with Crippen molar-refractivity contribution in [1.29, 1.82) is 0 Å². The molecule has 1 aromatic heterocycles. The summed E-state index contributed by atoms with van der Waals surface area (Å²) in [6.07, 6.45) is 14.6. The highest BCUT2D eigenvalue weighted by atomic mass is 14.7. The molecule has 0 saturated carbocycles. The smallest absolute Gasteiger partial charge is 0.0700 e. The Labute approximate surface area is 85.2 Å². The summed E-state index contributed by atoms with van der Waals surface area (Å²) in [5.74, 6) is 0. The van der Waals surface area contributed by atoms with Crippen molar-refractivity contribution >= 4 is 5.57 Å². The van der Waals surface area contributed by atoms with E-state index in [9.17, 15) is 0 Å². The molecule has 0 amide bonds. The van der Waals surface area contributed by atoms with Crippen LogP contribution in [0.1, 0.15) is 18.2 Å². The molecular formula is C13H11N. The van der Waals surface area contributed by atoms with Gasteiger partial charge in [-0.25, -0.2) is 0 Å². The van der Waals surface area contributed by atoms with E-state index in [0.717, 1.165) is 17.7 Å². The van der Waals surface area contributed by atoms with E-state index in [4.69, 9.17) is 0 Å². The number of aryl methyl sites for hydroxylation is 1. The van der Waals surface area contributed by atoms with Crippen LogP contribution in [0.25, 0.3) is 5.57 Å². The first-order valence-corrected chi connectivity index (χ1v) is 4.74. The number of hydrogen-bond acceptors (Lipinski definition) is 1. The first kappa shape index (κ1) is 9.20. The molecule has 1 heteroatoms. The van der Waals surface area contributed by atoms with Crippen LogP contribution in [0.3, 0.4) is 0 Å². The lowest BCUT2D eigenvalue weighted by Gasteiger charge is -2.10. The second kappa shape index (κ2) is 4.23. The fourth-order valence-electron chi connectivity index (χ4n) is 1.46. The average molecular weight is 181 g/mol. The Bertz CT molecular complexity index is 375. The number of aromatic nitrogens is 1. The van der Waals surface area contributed by atoms with Crippen LogP contribution >= 0.6 is 0 Å². The van der Waals surface area contributed by atoms with Crippen LogP contribution in [-0.2, 0) is 6.42 Å². The van der Waals surface area contributed by atoms with Gasteiger partial charge in [0.15, 0.2) is 0 Å². The van der Waals surface area contributed by atoms with Gasteiger partial charge in [0.1, 0.15) is 0 Å². The maximum Gasteiger partial charge on any atom is 0.0700 e. The summed E-state index contributed by atoms with van der Waals surface area (Å²) in [4.78, 5) is 4.37. The zero-order valence-electron chi connectivity index (χ0n) is 8.12. The minimum atomic E-state index is 0.992. The highest BCUT2D eigenvalue weighted by molar-refractivity contribution is 5.75. The molecule has 0 fully saturated rings. The molecule has 0 unspecified atom stereocenters. The molecule has 14 heavy (non-hydrogen) atoms. The van der Waals surface area contributed by atoms with Crippen molar-refractivity contribution < 1.29 is 0 Å². The molecule has 1 aromatic rings. The first-order valence-electron chi connectivity index (χ1n) is 4.74. The van der Waals surface area contributed by atoms with E-state index in [-0.39, 0.29) is 0 Å². The second-order valence-corrected chi connectivity index (χ2v) is 3.07. The van der Waals surface area contributed by atoms with Crippen LogP contribution in [0.5, 0.6) is 0 Å². The van der Waals surface area contributed by atoms with E-state index in [0.29, 0.717) is 0 Å². The Balaban J connectivity index is 2.39. The third-order valence-electron chi connectivity index (χ3n) is 2.18. The fraction of sp³-hybridized carbons (Fsp3) is 0.154. The maximum absolute atomic E-state index is 4.37. The highest BCUT2D eigenvalue weighted by Gasteiger charge is 2.09. The Morgan fingerprint density at radius 3 is 3.07 bits per heavy atom. The van der Waals surface area contributed by atoms with Crippen molar-refractivity contribution in [2.75, 3.05) is 0 Å². The molecule has 0 bridgehead atoms. The molecular weight excluding hydrogens is 170 g/mol. The lowest BCUT2D eigenvalue weighted by molar-refractivity contribution is 1.08. The molecule has 0 aromatic carbocycles. The van der Waals surface area contributed by atoms with Crippen LogP contribution < -0.4 is 0 Å². The molecule has 0 atom stereocenters. The predicted molar refractivity (Wildman–Crippen MR) is 57.2 cm³/mol. The summed E-state index contributed by atoms with van der Waals surface area (Å²) in [6, 6.07) is 4.07. The van der Waals surface area contributed by atoms with Crippen LogP contribution in [-0.4, -0.2) is 4.98 Å².